The first-order valence-electron chi connectivity index (χ1n) is 5.56. The van der Waals surface area contributed by atoms with E-state index in [1.165, 1.54) is 32.1 Å². The number of hydrogen-bond acceptors (Lipinski definition) is 0. The Morgan fingerprint density at radius 3 is 2.42 bits per heavy atom. The monoisotopic (exact) mass is 168 g/mol. The first kappa shape index (κ1) is 10.1. The lowest BCUT2D eigenvalue weighted by molar-refractivity contribution is 0.240. The molecule has 0 heteroatoms. The van der Waals surface area contributed by atoms with Crippen molar-refractivity contribution in [3.63, 3.8) is 0 Å². The lowest BCUT2D eigenvalue weighted by Crippen LogP contribution is -2.16. The highest BCUT2D eigenvalue weighted by Gasteiger charge is 2.37. The van der Waals surface area contributed by atoms with Crippen LogP contribution in [0.2, 0.25) is 0 Å². The van der Waals surface area contributed by atoms with E-state index >= 15 is 0 Å². The molecule has 2 atom stereocenters. The van der Waals surface area contributed by atoms with Gasteiger partial charge in [-0.25, -0.2) is 0 Å². The Morgan fingerprint density at radius 2 is 2.00 bits per heavy atom. The normalized spacial score (nSPS) is 34.0. The van der Waals surface area contributed by atoms with Gasteiger partial charge >= 0.3 is 0 Å². The van der Waals surface area contributed by atoms with Crippen molar-refractivity contribution in [2.75, 3.05) is 0 Å². The van der Waals surface area contributed by atoms with Crippen LogP contribution >= 0.6 is 0 Å². The van der Waals surface area contributed by atoms with Crippen molar-refractivity contribution < 1.29 is 0 Å². The summed E-state index contributed by atoms with van der Waals surface area (Å²) in [7, 11) is 0. The van der Waals surface area contributed by atoms with Gasteiger partial charge in [-0.3, -0.25) is 0 Å². The zero-order chi connectivity index (χ0) is 9.19. The van der Waals surface area contributed by atoms with E-state index in [9.17, 15) is 0 Å². The quantitative estimate of drug-likeness (QED) is 0.591. The molecule has 0 saturated heterocycles. The average molecular weight is 168 g/mol. The molecule has 0 N–H and O–H groups in total. The summed E-state index contributed by atoms with van der Waals surface area (Å²) < 4.78 is 0. The van der Waals surface area contributed by atoms with Gasteiger partial charge in [0.25, 0.3) is 0 Å². The maximum Gasteiger partial charge on any atom is -0.0323 e. The Kier molecular flexibility index (Phi) is 3.20. The summed E-state index contributed by atoms with van der Waals surface area (Å²) in [4.78, 5) is 0. The second-order valence-electron chi connectivity index (χ2n) is 5.37. The molecule has 0 heterocycles. The molecule has 1 aliphatic carbocycles. The summed E-state index contributed by atoms with van der Waals surface area (Å²) in [5.74, 6) is 1.98. The summed E-state index contributed by atoms with van der Waals surface area (Å²) >= 11 is 0. The van der Waals surface area contributed by atoms with Gasteiger partial charge < -0.3 is 0 Å². The van der Waals surface area contributed by atoms with Crippen molar-refractivity contribution in [1.29, 1.82) is 0 Å². The Labute approximate surface area is 77.7 Å². The van der Waals surface area contributed by atoms with E-state index in [4.69, 9.17) is 0 Å². The molecule has 72 valence electrons. The van der Waals surface area contributed by atoms with Gasteiger partial charge in [-0.2, -0.15) is 0 Å². The molecule has 0 aromatic carbocycles. The van der Waals surface area contributed by atoms with Gasteiger partial charge in [0, 0.05) is 0 Å². The SMILES string of the molecule is CCCCC1C[C@H](C)CC1(C)C. The minimum Gasteiger partial charge on any atom is -0.0654 e. The Balaban J connectivity index is 2.42. The molecule has 0 nitrogen and oxygen atoms in total. The Morgan fingerprint density at radius 1 is 1.33 bits per heavy atom. The van der Waals surface area contributed by atoms with Crippen LogP contribution in [0.3, 0.4) is 0 Å². The predicted octanol–water partition coefficient (Wildman–Crippen LogP) is 4.25. The number of unbranched alkanes of at least 4 members (excludes halogenated alkanes) is 1. The first-order chi connectivity index (χ1) is 5.56. The topological polar surface area (TPSA) is 0 Å². The highest BCUT2D eigenvalue weighted by molar-refractivity contribution is 4.87. The van der Waals surface area contributed by atoms with Crippen molar-refractivity contribution in [2.45, 2.75) is 59.8 Å². The molecule has 1 fully saturated rings. The van der Waals surface area contributed by atoms with Gasteiger partial charge in [-0.1, -0.05) is 40.5 Å². The highest BCUT2D eigenvalue weighted by Crippen LogP contribution is 2.47. The fourth-order valence-electron chi connectivity index (χ4n) is 2.91. The van der Waals surface area contributed by atoms with Crippen LogP contribution in [0.25, 0.3) is 0 Å². The zero-order valence-corrected chi connectivity index (χ0v) is 9.19. The van der Waals surface area contributed by atoms with Crippen molar-refractivity contribution in [3.8, 4) is 0 Å². The van der Waals surface area contributed by atoms with Gasteiger partial charge in [0.05, 0.1) is 0 Å². The van der Waals surface area contributed by atoms with Crippen molar-refractivity contribution in [1.82, 2.24) is 0 Å². The summed E-state index contributed by atoms with van der Waals surface area (Å²) in [6, 6.07) is 0. The van der Waals surface area contributed by atoms with E-state index in [1.54, 1.807) is 0 Å². The summed E-state index contributed by atoms with van der Waals surface area (Å²) in [5, 5.41) is 0. The lowest BCUT2D eigenvalue weighted by Gasteiger charge is -2.26. The van der Waals surface area contributed by atoms with Crippen LogP contribution in [-0.2, 0) is 0 Å². The standard InChI is InChI=1S/C12H24/c1-5-6-7-11-8-10(2)9-12(11,3)4/h10-11H,5-9H2,1-4H3/t10-,11?/m0/s1. The molecule has 0 aromatic rings. The molecule has 1 unspecified atom stereocenters. The minimum absolute atomic E-state index is 0.634. The summed E-state index contributed by atoms with van der Waals surface area (Å²) in [6.07, 6.45) is 7.18. The summed E-state index contributed by atoms with van der Waals surface area (Å²) in [6.45, 7) is 9.62. The molecule has 0 bridgehead atoms. The van der Waals surface area contributed by atoms with E-state index < -0.39 is 0 Å². The Bertz CT molecular complexity index is 135. The smallest absolute Gasteiger partial charge is 0.0323 e. The molecule has 1 rings (SSSR count). The molecule has 1 aliphatic rings. The third-order valence-corrected chi connectivity index (χ3v) is 3.57. The molecular weight excluding hydrogens is 144 g/mol. The van der Waals surface area contributed by atoms with Gasteiger partial charge in [0.1, 0.15) is 0 Å². The molecule has 0 aliphatic heterocycles. The maximum atomic E-state index is 2.46. The molecule has 0 spiro atoms. The van der Waals surface area contributed by atoms with Crippen LogP contribution in [0.5, 0.6) is 0 Å². The maximum absolute atomic E-state index is 2.46. The third kappa shape index (κ3) is 2.24. The van der Waals surface area contributed by atoms with Crippen LogP contribution < -0.4 is 0 Å². The van der Waals surface area contributed by atoms with E-state index in [-0.39, 0.29) is 0 Å². The Hall–Kier alpha value is 0. The average Bonchev–Trinajstić information content (AvgIpc) is 2.20. The fraction of sp³-hybridized carbons (Fsp3) is 1.00. The molecule has 12 heavy (non-hydrogen) atoms. The van der Waals surface area contributed by atoms with Gasteiger partial charge in [-0.05, 0) is 36.5 Å². The number of rotatable bonds is 3. The van der Waals surface area contributed by atoms with Crippen molar-refractivity contribution >= 4 is 0 Å². The minimum atomic E-state index is 0.634. The van der Waals surface area contributed by atoms with E-state index in [0.29, 0.717) is 5.41 Å². The summed E-state index contributed by atoms with van der Waals surface area (Å²) in [5.41, 5.74) is 0.634. The van der Waals surface area contributed by atoms with Crippen LogP contribution in [-0.4, -0.2) is 0 Å². The van der Waals surface area contributed by atoms with Gasteiger partial charge in [0.15, 0.2) is 0 Å². The van der Waals surface area contributed by atoms with Crippen molar-refractivity contribution in [2.24, 2.45) is 17.3 Å². The lowest BCUT2D eigenvalue weighted by atomic mass is 9.79. The van der Waals surface area contributed by atoms with Gasteiger partial charge in [-0.15, -0.1) is 0 Å². The van der Waals surface area contributed by atoms with Crippen LogP contribution in [0.1, 0.15) is 59.8 Å². The molecule has 0 aromatic heterocycles. The van der Waals surface area contributed by atoms with Crippen LogP contribution in [0.15, 0.2) is 0 Å². The van der Waals surface area contributed by atoms with Crippen molar-refractivity contribution in [3.05, 3.63) is 0 Å². The first-order valence-corrected chi connectivity index (χ1v) is 5.56. The largest absolute Gasteiger partial charge is 0.0654 e. The zero-order valence-electron chi connectivity index (χ0n) is 9.19. The van der Waals surface area contributed by atoms with Crippen LogP contribution in [0, 0.1) is 17.3 Å². The fourth-order valence-corrected chi connectivity index (χ4v) is 2.91. The predicted molar refractivity (Wildman–Crippen MR) is 55.2 cm³/mol. The second kappa shape index (κ2) is 3.81. The second-order valence-corrected chi connectivity index (χ2v) is 5.37. The number of hydrogen-bond donors (Lipinski definition) is 0. The van der Waals surface area contributed by atoms with E-state index in [2.05, 4.69) is 27.7 Å². The molecule has 0 amide bonds. The van der Waals surface area contributed by atoms with E-state index in [0.717, 1.165) is 11.8 Å². The third-order valence-electron chi connectivity index (χ3n) is 3.57. The van der Waals surface area contributed by atoms with E-state index in [1.807, 2.05) is 0 Å². The van der Waals surface area contributed by atoms with Gasteiger partial charge in [0.2, 0.25) is 0 Å². The molecule has 0 radical (unpaired) electrons. The molecule has 1 saturated carbocycles. The highest BCUT2D eigenvalue weighted by atomic mass is 14.4. The van der Waals surface area contributed by atoms with Crippen LogP contribution in [0.4, 0.5) is 0 Å². The molecular formula is C12H24.